The van der Waals surface area contributed by atoms with Crippen molar-refractivity contribution >= 4 is 22.9 Å². The summed E-state index contributed by atoms with van der Waals surface area (Å²) in [5.74, 6) is 1.65. The van der Waals surface area contributed by atoms with Gasteiger partial charge in [-0.2, -0.15) is 4.98 Å². The van der Waals surface area contributed by atoms with Crippen molar-refractivity contribution in [2.45, 2.75) is 64.3 Å². The maximum atomic E-state index is 12.8. The molecule has 1 saturated heterocycles. The molecule has 0 bridgehead atoms. The first kappa shape index (κ1) is 22.6. The van der Waals surface area contributed by atoms with E-state index in [0.717, 1.165) is 73.5 Å². The molecule has 2 aromatic heterocycles. The zero-order chi connectivity index (χ0) is 23.3. The van der Waals surface area contributed by atoms with E-state index < -0.39 is 0 Å². The van der Waals surface area contributed by atoms with Crippen LogP contribution in [-0.2, 0) is 6.42 Å². The molecule has 0 spiro atoms. The fraction of sp³-hybridized carbons (Fsp3) is 0.538. The molecule has 1 N–H and O–H groups in total. The van der Waals surface area contributed by atoms with Gasteiger partial charge in [-0.25, -0.2) is 9.78 Å². The smallest absolute Gasteiger partial charge is 0.317 e. The average Bonchev–Trinajstić information content (AvgIpc) is 3.32. The normalized spacial score (nSPS) is 17.3. The van der Waals surface area contributed by atoms with E-state index in [4.69, 9.17) is 9.51 Å². The summed E-state index contributed by atoms with van der Waals surface area (Å²) in [5, 5.41) is 8.47. The summed E-state index contributed by atoms with van der Waals surface area (Å²) in [7, 11) is 0. The number of nitrogens with zero attached hydrogens (tertiary/aromatic N) is 5. The standard InChI is InChI=1S/C26H34N6O2/c1-2-3-14-21-28-24(22-23(30-34-25(22)29-21)19-10-6-4-7-11-19)31-15-17-32(18-16-31)26(33)27-20-12-8-5-9-13-20/h4,6-7,10-11,20H,2-3,5,8-9,12-18H2,1H3,(H,27,33). The molecular weight excluding hydrogens is 428 g/mol. The molecule has 0 radical (unpaired) electrons. The van der Waals surface area contributed by atoms with E-state index >= 15 is 0 Å². The van der Waals surface area contributed by atoms with Gasteiger partial charge < -0.3 is 19.6 Å². The SMILES string of the molecule is CCCCc1nc(N2CCN(C(=O)NC3CCCCC3)CC2)c2c(-c3ccccc3)noc2n1. The number of nitrogens with one attached hydrogen (secondary N) is 1. The lowest BCUT2D eigenvalue weighted by molar-refractivity contribution is 0.186. The zero-order valence-electron chi connectivity index (χ0n) is 20.0. The highest BCUT2D eigenvalue weighted by molar-refractivity contribution is 5.98. The van der Waals surface area contributed by atoms with Gasteiger partial charge in [0.2, 0.25) is 0 Å². The van der Waals surface area contributed by atoms with Crippen LogP contribution in [0.25, 0.3) is 22.4 Å². The van der Waals surface area contributed by atoms with Gasteiger partial charge in [0, 0.05) is 44.2 Å². The van der Waals surface area contributed by atoms with Crippen LogP contribution in [0.1, 0.15) is 57.7 Å². The van der Waals surface area contributed by atoms with Crippen LogP contribution in [0, 0.1) is 0 Å². The minimum absolute atomic E-state index is 0.0676. The van der Waals surface area contributed by atoms with E-state index in [-0.39, 0.29) is 6.03 Å². The van der Waals surface area contributed by atoms with Crippen LogP contribution in [0.3, 0.4) is 0 Å². The molecule has 0 atom stereocenters. The molecular formula is C26H34N6O2. The van der Waals surface area contributed by atoms with E-state index in [9.17, 15) is 4.79 Å². The van der Waals surface area contributed by atoms with Gasteiger partial charge in [0.1, 0.15) is 22.7 Å². The summed E-state index contributed by atoms with van der Waals surface area (Å²) in [6, 6.07) is 10.4. The maximum Gasteiger partial charge on any atom is 0.317 e. The number of anilines is 1. The Kier molecular flexibility index (Phi) is 6.92. The molecule has 2 aliphatic rings. The highest BCUT2D eigenvalue weighted by Gasteiger charge is 2.28. The first-order valence-corrected chi connectivity index (χ1v) is 12.7. The van der Waals surface area contributed by atoms with Crippen molar-refractivity contribution < 1.29 is 9.32 Å². The summed E-state index contributed by atoms with van der Waals surface area (Å²) in [5.41, 5.74) is 2.29. The molecule has 8 nitrogen and oxygen atoms in total. The molecule has 1 aliphatic heterocycles. The first-order chi connectivity index (χ1) is 16.7. The van der Waals surface area contributed by atoms with Gasteiger partial charge in [0.15, 0.2) is 0 Å². The van der Waals surface area contributed by atoms with Crippen LogP contribution < -0.4 is 10.2 Å². The van der Waals surface area contributed by atoms with Crippen LogP contribution in [0.4, 0.5) is 10.6 Å². The monoisotopic (exact) mass is 462 g/mol. The van der Waals surface area contributed by atoms with Crippen molar-refractivity contribution in [3.05, 3.63) is 36.2 Å². The van der Waals surface area contributed by atoms with Crippen molar-refractivity contribution in [2.24, 2.45) is 0 Å². The Labute approximate surface area is 200 Å². The van der Waals surface area contributed by atoms with E-state index in [1.807, 2.05) is 35.2 Å². The summed E-state index contributed by atoms with van der Waals surface area (Å²) in [4.78, 5) is 26.7. The van der Waals surface area contributed by atoms with Crippen molar-refractivity contribution in [3.63, 3.8) is 0 Å². The number of carbonyl (C=O) groups excluding carboxylic acids is 1. The van der Waals surface area contributed by atoms with Crippen LogP contribution in [0.5, 0.6) is 0 Å². The van der Waals surface area contributed by atoms with E-state index in [1.54, 1.807) is 0 Å². The molecule has 8 heteroatoms. The number of rotatable bonds is 6. The molecule has 180 valence electrons. The minimum Gasteiger partial charge on any atom is -0.352 e. The van der Waals surface area contributed by atoms with Gasteiger partial charge in [-0.1, -0.05) is 68.1 Å². The average molecular weight is 463 g/mol. The molecule has 2 amide bonds. The highest BCUT2D eigenvalue weighted by Crippen LogP contribution is 2.34. The van der Waals surface area contributed by atoms with E-state index in [2.05, 4.69) is 27.3 Å². The summed E-state index contributed by atoms with van der Waals surface area (Å²) >= 11 is 0. The van der Waals surface area contributed by atoms with Gasteiger partial charge in [-0.3, -0.25) is 0 Å². The molecule has 0 unspecified atom stereocenters. The Bertz CT molecular complexity index is 1100. The number of unbranched alkanes of at least 4 members (excludes halogenated alkanes) is 1. The van der Waals surface area contributed by atoms with Crippen molar-refractivity contribution in [3.8, 4) is 11.3 Å². The van der Waals surface area contributed by atoms with Crippen molar-refractivity contribution in [1.82, 2.24) is 25.3 Å². The van der Waals surface area contributed by atoms with E-state index in [1.165, 1.54) is 19.3 Å². The summed E-state index contributed by atoms with van der Waals surface area (Å²) in [6.07, 6.45) is 8.83. The number of fused-ring (bicyclic) bond motifs is 1. The van der Waals surface area contributed by atoms with Gasteiger partial charge >= 0.3 is 6.03 Å². The maximum absolute atomic E-state index is 12.8. The first-order valence-electron chi connectivity index (χ1n) is 12.7. The molecule has 1 saturated carbocycles. The third kappa shape index (κ3) is 4.86. The quantitative estimate of drug-likeness (QED) is 0.567. The van der Waals surface area contributed by atoms with Crippen molar-refractivity contribution in [1.29, 1.82) is 0 Å². The van der Waals surface area contributed by atoms with Gasteiger partial charge in [-0.05, 0) is 19.3 Å². The molecule has 34 heavy (non-hydrogen) atoms. The second kappa shape index (κ2) is 10.4. The summed E-state index contributed by atoms with van der Waals surface area (Å²) < 4.78 is 5.70. The molecule has 2 fully saturated rings. The third-order valence-electron chi connectivity index (χ3n) is 6.96. The number of hydrogen-bond donors (Lipinski definition) is 1. The number of aryl methyl sites for hydroxylation is 1. The number of aromatic nitrogens is 3. The largest absolute Gasteiger partial charge is 0.352 e. The Morgan fingerprint density at radius 3 is 2.56 bits per heavy atom. The predicted octanol–water partition coefficient (Wildman–Crippen LogP) is 4.79. The lowest BCUT2D eigenvalue weighted by Gasteiger charge is -2.36. The number of carbonyl (C=O) groups is 1. The fourth-order valence-electron chi connectivity index (χ4n) is 4.98. The molecule has 5 rings (SSSR count). The number of hydrogen-bond acceptors (Lipinski definition) is 6. The summed E-state index contributed by atoms with van der Waals surface area (Å²) in [6.45, 7) is 4.94. The topological polar surface area (TPSA) is 87.4 Å². The van der Waals surface area contributed by atoms with Crippen LogP contribution in [0.2, 0.25) is 0 Å². The Hall–Kier alpha value is -3.16. The number of amides is 2. The van der Waals surface area contributed by atoms with Crippen LogP contribution >= 0.6 is 0 Å². The van der Waals surface area contributed by atoms with Gasteiger partial charge in [-0.15, -0.1) is 0 Å². The number of piperazine rings is 1. The molecule has 3 aromatic rings. The van der Waals surface area contributed by atoms with E-state index in [0.29, 0.717) is 24.8 Å². The Balaban J connectivity index is 1.37. The second-order valence-electron chi connectivity index (χ2n) is 9.40. The fourth-order valence-corrected chi connectivity index (χ4v) is 4.98. The van der Waals surface area contributed by atoms with Crippen LogP contribution in [0.15, 0.2) is 34.9 Å². The number of urea groups is 1. The lowest BCUT2D eigenvalue weighted by atomic mass is 9.96. The highest BCUT2D eigenvalue weighted by atomic mass is 16.5. The Morgan fingerprint density at radius 1 is 1.06 bits per heavy atom. The Morgan fingerprint density at radius 2 is 1.82 bits per heavy atom. The van der Waals surface area contributed by atoms with Gasteiger partial charge in [0.25, 0.3) is 5.71 Å². The molecule has 3 heterocycles. The lowest BCUT2D eigenvalue weighted by Crippen LogP contribution is -2.54. The molecule has 1 aliphatic carbocycles. The molecule has 1 aromatic carbocycles. The third-order valence-corrected chi connectivity index (χ3v) is 6.96. The second-order valence-corrected chi connectivity index (χ2v) is 9.40. The minimum atomic E-state index is 0.0676. The van der Waals surface area contributed by atoms with Crippen molar-refractivity contribution in [2.75, 3.05) is 31.1 Å². The van der Waals surface area contributed by atoms with Gasteiger partial charge in [0.05, 0.1) is 0 Å². The van der Waals surface area contributed by atoms with Crippen LogP contribution in [-0.4, -0.2) is 58.3 Å². The zero-order valence-corrected chi connectivity index (χ0v) is 20.0. The predicted molar refractivity (Wildman–Crippen MR) is 133 cm³/mol. The number of benzene rings is 1.